The van der Waals surface area contributed by atoms with Crippen LogP contribution in [0, 0.1) is 11.0 Å². The predicted molar refractivity (Wildman–Crippen MR) is 89.4 cm³/mol. The summed E-state index contributed by atoms with van der Waals surface area (Å²) in [6.07, 6.45) is 2.58. The zero-order valence-corrected chi connectivity index (χ0v) is 14.4. The number of rotatable bonds is 6. The topological polar surface area (TPSA) is 71.1 Å². The average molecular weight is 385 g/mol. The number of nitrogens with zero attached hydrogens (tertiary/aromatic N) is 3. The SMILES string of the molecule is CCS(=O)Cn1ncc2c1cc(-c1ccc(F)c(OC(F)F)c1)c[n+]2[O-]. The minimum Gasteiger partial charge on any atom is -0.618 e. The van der Waals surface area contributed by atoms with Gasteiger partial charge in [-0.1, -0.05) is 13.0 Å². The quantitative estimate of drug-likeness (QED) is 0.483. The molecule has 0 saturated carbocycles. The van der Waals surface area contributed by atoms with Gasteiger partial charge in [0.05, 0.1) is 0 Å². The Morgan fingerprint density at radius 1 is 1.35 bits per heavy atom. The lowest BCUT2D eigenvalue weighted by atomic mass is 10.1. The van der Waals surface area contributed by atoms with E-state index in [0.717, 1.165) is 12.1 Å². The fraction of sp³-hybridized carbons (Fsp3) is 0.250. The second-order valence-corrected chi connectivity index (χ2v) is 7.07. The summed E-state index contributed by atoms with van der Waals surface area (Å²) in [5.74, 6) is -0.999. The van der Waals surface area contributed by atoms with E-state index >= 15 is 0 Å². The highest BCUT2D eigenvalue weighted by Crippen LogP contribution is 2.28. The molecular formula is C16H14F3N3O3S. The van der Waals surface area contributed by atoms with Crippen LogP contribution >= 0.6 is 0 Å². The molecule has 2 aromatic heterocycles. The first kappa shape index (κ1) is 18.2. The molecule has 0 N–H and O–H groups in total. The third-order valence-corrected chi connectivity index (χ3v) is 4.89. The number of pyridine rings is 1. The largest absolute Gasteiger partial charge is 0.618 e. The van der Waals surface area contributed by atoms with Crippen LogP contribution in [0.15, 0.2) is 36.7 Å². The van der Waals surface area contributed by atoms with Crippen molar-refractivity contribution in [3.8, 4) is 16.9 Å². The molecule has 0 fully saturated rings. The monoisotopic (exact) mass is 385 g/mol. The van der Waals surface area contributed by atoms with E-state index in [1.165, 1.54) is 23.1 Å². The van der Waals surface area contributed by atoms with Gasteiger partial charge in [-0.05, 0) is 23.8 Å². The molecule has 3 rings (SSSR count). The molecule has 1 unspecified atom stereocenters. The van der Waals surface area contributed by atoms with Crippen molar-refractivity contribution in [1.82, 2.24) is 9.78 Å². The summed E-state index contributed by atoms with van der Waals surface area (Å²) in [5.41, 5.74) is 1.38. The van der Waals surface area contributed by atoms with Crippen molar-refractivity contribution in [2.45, 2.75) is 19.4 Å². The summed E-state index contributed by atoms with van der Waals surface area (Å²) in [7, 11) is -1.15. The van der Waals surface area contributed by atoms with Gasteiger partial charge < -0.3 is 9.94 Å². The lowest BCUT2D eigenvalue weighted by Crippen LogP contribution is -2.26. The van der Waals surface area contributed by atoms with Crippen LogP contribution < -0.4 is 9.47 Å². The van der Waals surface area contributed by atoms with Crippen LogP contribution in [-0.4, -0.2) is 26.4 Å². The van der Waals surface area contributed by atoms with Gasteiger partial charge in [-0.2, -0.15) is 18.6 Å². The molecule has 0 bridgehead atoms. The number of ether oxygens (including phenoxy) is 1. The standard InChI is InChI=1S/C16H14F3N3O3S/c1-2-26(24)9-21-13-5-11(8-22(23)14(13)7-20-21)10-3-4-12(17)15(6-10)25-16(18)19/h3-8,16H,2,9H2,1H3. The van der Waals surface area contributed by atoms with Crippen LogP contribution in [0.5, 0.6) is 5.75 Å². The number of aromatic nitrogens is 3. The lowest BCUT2D eigenvalue weighted by Gasteiger charge is -2.09. The summed E-state index contributed by atoms with van der Waals surface area (Å²) >= 11 is 0. The molecule has 138 valence electrons. The zero-order chi connectivity index (χ0) is 18.8. The first-order chi connectivity index (χ1) is 12.4. The second-order valence-electron chi connectivity index (χ2n) is 5.35. The second kappa shape index (κ2) is 7.32. The van der Waals surface area contributed by atoms with Crippen molar-refractivity contribution in [1.29, 1.82) is 0 Å². The maximum atomic E-state index is 13.6. The summed E-state index contributed by atoms with van der Waals surface area (Å²) in [6, 6.07) is 5.02. The van der Waals surface area contributed by atoms with Gasteiger partial charge in [-0.25, -0.2) is 9.07 Å². The van der Waals surface area contributed by atoms with Crippen LogP contribution in [0.2, 0.25) is 0 Å². The predicted octanol–water partition coefficient (Wildman–Crippen LogP) is 2.80. The normalized spacial score (nSPS) is 12.7. The number of alkyl halides is 2. The Balaban J connectivity index is 2.08. The molecule has 1 aromatic carbocycles. The van der Waals surface area contributed by atoms with E-state index in [1.807, 2.05) is 0 Å². The molecule has 0 radical (unpaired) electrons. The van der Waals surface area contributed by atoms with Gasteiger partial charge in [0.25, 0.3) is 5.52 Å². The van der Waals surface area contributed by atoms with Gasteiger partial charge in [-0.15, -0.1) is 0 Å². The van der Waals surface area contributed by atoms with E-state index < -0.39 is 29.0 Å². The molecule has 0 amide bonds. The van der Waals surface area contributed by atoms with Gasteiger partial charge in [0, 0.05) is 22.1 Å². The molecule has 0 aliphatic carbocycles. The lowest BCUT2D eigenvalue weighted by molar-refractivity contribution is -0.576. The molecule has 26 heavy (non-hydrogen) atoms. The summed E-state index contributed by atoms with van der Waals surface area (Å²) in [6.45, 7) is -1.40. The Morgan fingerprint density at radius 2 is 2.12 bits per heavy atom. The van der Waals surface area contributed by atoms with Crippen molar-refractivity contribution in [2.24, 2.45) is 0 Å². The minimum absolute atomic E-state index is 0.118. The number of hydrogen-bond donors (Lipinski definition) is 0. The smallest absolute Gasteiger partial charge is 0.387 e. The molecule has 2 heterocycles. The fourth-order valence-corrected chi connectivity index (χ4v) is 3.10. The Bertz CT molecular complexity index is 978. The van der Waals surface area contributed by atoms with E-state index in [0.29, 0.717) is 27.1 Å². The van der Waals surface area contributed by atoms with Crippen LogP contribution in [0.25, 0.3) is 22.2 Å². The van der Waals surface area contributed by atoms with Gasteiger partial charge in [-0.3, -0.25) is 4.21 Å². The van der Waals surface area contributed by atoms with Gasteiger partial charge in [0.15, 0.2) is 17.8 Å². The molecule has 10 heteroatoms. The highest BCUT2D eigenvalue weighted by atomic mass is 32.2. The van der Waals surface area contributed by atoms with E-state index in [2.05, 4.69) is 9.84 Å². The third kappa shape index (κ3) is 3.64. The van der Waals surface area contributed by atoms with Crippen LogP contribution in [-0.2, 0) is 16.7 Å². The van der Waals surface area contributed by atoms with Crippen molar-refractivity contribution < 1.29 is 26.8 Å². The molecule has 6 nitrogen and oxygen atoms in total. The van der Waals surface area contributed by atoms with Crippen molar-refractivity contribution >= 4 is 21.8 Å². The Hall–Kier alpha value is -2.62. The number of benzene rings is 1. The Labute approximate surface area is 148 Å². The highest BCUT2D eigenvalue weighted by molar-refractivity contribution is 7.83. The highest BCUT2D eigenvalue weighted by Gasteiger charge is 2.17. The first-order valence-corrected chi connectivity index (χ1v) is 9.06. The number of fused-ring (bicyclic) bond motifs is 1. The molecule has 0 aliphatic heterocycles. The molecule has 0 spiro atoms. The number of halogens is 3. The third-order valence-electron chi connectivity index (χ3n) is 3.71. The summed E-state index contributed by atoms with van der Waals surface area (Å²) in [4.78, 5) is 0. The Morgan fingerprint density at radius 3 is 2.81 bits per heavy atom. The van der Waals surface area contributed by atoms with E-state index in [9.17, 15) is 22.6 Å². The summed E-state index contributed by atoms with van der Waals surface area (Å²) in [5, 5.41) is 16.3. The van der Waals surface area contributed by atoms with E-state index in [-0.39, 0.29) is 11.4 Å². The van der Waals surface area contributed by atoms with Crippen LogP contribution in [0.3, 0.4) is 0 Å². The van der Waals surface area contributed by atoms with E-state index in [4.69, 9.17) is 0 Å². The fourth-order valence-electron chi connectivity index (χ4n) is 2.44. The van der Waals surface area contributed by atoms with Gasteiger partial charge in [0.1, 0.15) is 17.6 Å². The first-order valence-electron chi connectivity index (χ1n) is 7.57. The maximum Gasteiger partial charge on any atom is 0.387 e. The molecule has 1 atom stereocenters. The molecule has 0 aliphatic rings. The molecule has 0 saturated heterocycles. The van der Waals surface area contributed by atoms with Crippen LogP contribution in [0.4, 0.5) is 13.2 Å². The average Bonchev–Trinajstić information content (AvgIpc) is 2.99. The molecular weight excluding hydrogens is 371 g/mol. The van der Waals surface area contributed by atoms with Crippen molar-refractivity contribution in [3.05, 3.63) is 47.7 Å². The number of hydrogen-bond acceptors (Lipinski definition) is 4. The van der Waals surface area contributed by atoms with Crippen LogP contribution in [0.1, 0.15) is 6.92 Å². The van der Waals surface area contributed by atoms with E-state index in [1.54, 1.807) is 13.0 Å². The molecule has 3 aromatic rings. The zero-order valence-electron chi connectivity index (χ0n) is 13.6. The van der Waals surface area contributed by atoms with Crippen molar-refractivity contribution in [3.63, 3.8) is 0 Å². The van der Waals surface area contributed by atoms with Gasteiger partial charge in [0.2, 0.25) is 0 Å². The van der Waals surface area contributed by atoms with Crippen molar-refractivity contribution in [2.75, 3.05) is 5.75 Å². The Kier molecular flexibility index (Phi) is 5.12. The summed E-state index contributed by atoms with van der Waals surface area (Å²) < 4.78 is 56.3. The minimum atomic E-state index is -3.17. The maximum absolute atomic E-state index is 13.6. The van der Waals surface area contributed by atoms with Gasteiger partial charge >= 0.3 is 6.61 Å².